The number of hydrogen-bond donors (Lipinski definition) is 1. The van der Waals surface area contributed by atoms with E-state index in [2.05, 4.69) is 57.3 Å². The summed E-state index contributed by atoms with van der Waals surface area (Å²) >= 11 is 7.87. The molecule has 1 atom stereocenters. The minimum atomic E-state index is 0.239. The third kappa shape index (κ3) is 4.57. The summed E-state index contributed by atoms with van der Waals surface area (Å²) < 4.78 is 0. The zero-order valence-electron chi connectivity index (χ0n) is 13.2. The molecule has 0 saturated heterocycles. The molecule has 1 unspecified atom stereocenters. The number of benzene rings is 1. The van der Waals surface area contributed by atoms with Gasteiger partial charge in [0.1, 0.15) is 0 Å². The first-order chi connectivity index (χ1) is 9.90. The Morgan fingerprint density at radius 3 is 2.29 bits per heavy atom. The first kappa shape index (κ1) is 16.5. The van der Waals surface area contributed by atoms with Crippen LogP contribution in [0.25, 0.3) is 0 Å². The van der Waals surface area contributed by atoms with Crippen LogP contribution in [0.15, 0.2) is 36.4 Å². The Hall–Kier alpha value is -0.830. The van der Waals surface area contributed by atoms with Crippen molar-refractivity contribution in [3.8, 4) is 0 Å². The molecule has 2 aromatic rings. The van der Waals surface area contributed by atoms with Crippen molar-refractivity contribution in [1.29, 1.82) is 0 Å². The van der Waals surface area contributed by atoms with Gasteiger partial charge in [-0.1, -0.05) is 51.4 Å². The molecule has 1 N–H and O–H groups in total. The smallest absolute Gasteiger partial charge is 0.0406 e. The molecule has 1 aromatic heterocycles. The van der Waals surface area contributed by atoms with Crippen LogP contribution in [-0.4, -0.2) is 0 Å². The van der Waals surface area contributed by atoms with Crippen LogP contribution in [0, 0.1) is 0 Å². The molecule has 21 heavy (non-hydrogen) atoms. The van der Waals surface area contributed by atoms with Gasteiger partial charge < -0.3 is 5.32 Å². The maximum atomic E-state index is 5.96. The Balaban J connectivity index is 2.00. The lowest BCUT2D eigenvalue weighted by atomic mass is 9.95. The second kappa shape index (κ2) is 6.95. The second-order valence-electron chi connectivity index (χ2n) is 6.41. The van der Waals surface area contributed by atoms with E-state index in [0.29, 0.717) is 6.04 Å². The molecule has 0 radical (unpaired) electrons. The van der Waals surface area contributed by atoms with Gasteiger partial charge in [0.2, 0.25) is 0 Å². The monoisotopic (exact) mass is 321 g/mol. The molecule has 0 aliphatic heterocycles. The summed E-state index contributed by atoms with van der Waals surface area (Å²) in [7, 11) is 0. The number of rotatable bonds is 5. The highest BCUT2D eigenvalue weighted by molar-refractivity contribution is 7.12. The quantitative estimate of drug-likeness (QED) is 0.718. The third-order valence-corrected chi connectivity index (χ3v) is 5.37. The van der Waals surface area contributed by atoms with Gasteiger partial charge in [-0.05, 0) is 41.7 Å². The maximum Gasteiger partial charge on any atom is 0.0406 e. The summed E-state index contributed by atoms with van der Waals surface area (Å²) in [6, 6.07) is 13.0. The number of thiophene rings is 1. The van der Waals surface area contributed by atoms with Crippen molar-refractivity contribution in [3.63, 3.8) is 0 Å². The average Bonchev–Trinajstić information content (AvgIpc) is 2.90. The molecule has 0 bridgehead atoms. The molecule has 1 aromatic carbocycles. The second-order valence-corrected chi connectivity index (χ2v) is 8.01. The molecule has 114 valence electrons. The van der Waals surface area contributed by atoms with Crippen molar-refractivity contribution in [2.75, 3.05) is 0 Å². The fourth-order valence-electron chi connectivity index (χ4n) is 2.29. The van der Waals surface area contributed by atoms with Crippen LogP contribution < -0.4 is 5.32 Å². The van der Waals surface area contributed by atoms with Gasteiger partial charge in [0.25, 0.3) is 0 Å². The molecule has 3 heteroatoms. The SMILES string of the molecule is CCC(NCc1ccc(C(C)(C)C)s1)c1ccc(Cl)cc1. The van der Waals surface area contributed by atoms with Crippen molar-refractivity contribution in [1.82, 2.24) is 5.32 Å². The number of hydrogen-bond acceptors (Lipinski definition) is 2. The predicted octanol–water partition coefficient (Wildman–Crippen LogP) is 5.94. The van der Waals surface area contributed by atoms with Crippen LogP contribution in [-0.2, 0) is 12.0 Å². The highest BCUT2D eigenvalue weighted by atomic mass is 35.5. The lowest BCUT2D eigenvalue weighted by Gasteiger charge is -2.17. The van der Waals surface area contributed by atoms with Crippen molar-refractivity contribution in [2.45, 2.75) is 52.1 Å². The van der Waals surface area contributed by atoms with Crippen molar-refractivity contribution < 1.29 is 0 Å². The molecular weight excluding hydrogens is 298 g/mol. The summed E-state index contributed by atoms with van der Waals surface area (Å²) in [5.74, 6) is 0. The Morgan fingerprint density at radius 1 is 1.10 bits per heavy atom. The van der Waals surface area contributed by atoms with Crippen LogP contribution in [0.4, 0.5) is 0 Å². The fraction of sp³-hybridized carbons (Fsp3) is 0.444. The van der Waals surface area contributed by atoms with Crippen LogP contribution in [0.1, 0.15) is 55.5 Å². The van der Waals surface area contributed by atoms with Gasteiger partial charge >= 0.3 is 0 Å². The molecule has 1 heterocycles. The van der Waals surface area contributed by atoms with Crippen molar-refractivity contribution in [3.05, 3.63) is 56.7 Å². The van der Waals surface area contributed by atoms with Crippen molar-refractivity contribution in [2.24, 2.45) is 0 Å². The fourth-order valence-corrected chi connectivity index (χ4v) is 3.44. The standard InChI is InChI=1S/C18H24ClNS/c1-5-16(13-6-8-14(19)9-7-13)20-12-15-10-11-17(21-15)18(2,3)4/h6-11,16,20H,5,12H2,1-4H3. The maximum absolute atomic E-state index is 5.96. The molecule has 0 spiro atoms. The summed E-state index contributed by atoms with van der Waals surface area (Å²) in [6.07, 6.45) is 1.07. The van der Waals surface area contributed by atoms with Crippen molar-refractivity contribution >= 4 is 22.9 Å². The van der Waals surface area contributed by atoms with Crippen LogP contribution >= 0.6 is 22.9 Å². The van der Waals surface area contributed by atoms with Gasteiger partial charge in [-0.15, -0.1) is 11.3 Å². The summed E-state index contributed by atoms with van der Waals surface area (Å²) in [5.41, 5.74) is 1.54. The largest absolute Gasteiger partial charge is 0.305 e. The molecule has 0 amide bonds. The van der Waals surface area contributed by atoms with E-state index in [4.69, 9.17) is 11.6 Å². The van der Waals surface area contributed by atoms with Crippen LogP contribution in [0.3, 0.4) is 0 Å². The minimum absolute atomic E-state index is 0.239. The van der Waals surface area contributed by atoms with Gasteiger partial charge in [-0.2, -0.15) is 0 Å². The summed E-state index contributed by atoms with van der Waals surface area (Å²) in [5, 5.41) is 4.45. The number of nitrogens with one attached hydrogen (secondary N) is 1. The molecule has 1 nitrogen and oxygen atoms in total. The van der Waals surface area contributed by atoms with Gasteiger partial charge in [0.05, 0.1) is 0 Å². The van der Waals surface area contributed by atoms with Gasteiger partial charge in [-0.3, -0.25) is 0 Å². The lowest BCUT2D eigenvalue weighted by Crippen LogP contribution is -2.19. The number of halogens is 1. The van der Waals surface area contributed by atoms with Crippen LogP contribution in [0.5, 0.6) is 0 Å². The van der Waals surface area contributed by atoms with Gasteiger partial charge in [0, 0.05) is 27.4 Å². The summed E-state index contributed by atoms with van der Waals surface area (Å²) in [6.45, 7) is 9.92. The zero-order chi connectivity index (χ0) is 15.5. The topological polar surface area (TPSA) is 12.0 Å². The summed E-state index contributed by atoms with van der Waals surface area (Å²) in [4.78, 5) is 2.84. The Labute approximate surface area is 137 Å². The van der Waals surface area contributed by atoms with E-state index < -0.39 is 0 Å². The predicted molar refractivity (Wildman–Crippen MR) is 94.3 cm³/mol. The molecule has 0 aliphatic rings. The van der Waals surface area contributed by atoms with E-state index in [1.165, 1.54) is 15.3 Å². The van der Waals surface area contributed by atoms with E-state index in [9.17, 15) is 0 Å². The van der Waals surface area contributed by atoms with Gasteiger partial charge in [0.15, 0.2) is 0 Å². The van der Waals surface area contributed by atoms with E-state index in [0.717, 1.165) is 18.0 Å². The third-order valence-electron chi connectivity index (χ3n) is 3.60. The highest BCUT2D eigenvalue weighted by Crippen LogP contribution is 2.30. The van der Waals surface area contributed by atoms with E-state index in [1.54, 1.807) is 0 Å². The molecule has 0 fully saturated rings. The lowest BCUT2D eigenvalue weighted by molar-refractivity contribution is 0.522. The Bertz CT molecular complexity index is 566. The minimum Gasteiger partial charge on any atom is -0.305 e. The molecule has 0 aliphatic carbocycles. The van der Waals surface area contributed by atoms with Gasteiger partial charge in [-0.25, -0.2) is 0 Å². The normalized spacial score (nSPS) is 13.4. The molecule has 2 rings (SSSR count). The Kier molecular flexibility index (Phi) is 5.48. The Morgan fingerprint density at radius 2 is 1.76 bits per heavy atom. The van der Waals surface area contributed by atoms with E-state index in [-0.39, 0.29) is 5.41 Å². The van der Waals surface area contributed by atoms with Crippen LogP contribution in [0.2, 0.25) is 5.02 Å². The highest BCUT2D eigenvalue weighted by Gasteiger charge is 2.16. The molecular formula is C18H24ClNS. The molecule has 0 saturated carbocycles. The average molecular weight is 322 g/mol. The first-order valence-corrected chi connectivity index (χ1v) is 8.67. The van der Waals surface area contributed by atoms with E-state index >= 15 is 0 Å². The zero-order valence-corrected chi connectivity index (χ0v) is 14.8. The van der Waals surface area contributed by atoms with E-state index in [1.807, 2.05) is 23.5 Å². The first-order valence-electron chi connectivity index (χ1n) is 7.48.